The van der Waals surface area contributed by atoms with E-state index in [4.69, 9.17) is 4.42 Å². The zero-order valence-corrected chi connectivity index (χ0v) is 13.9. The maximum Gasteiger partial charge on any atom is 0.118 e. The summed E-state index contributed by atoms with van der Waals surface area (Å²) < 4.78 is 5.69. The summed E-state index contributed by atoms with van der Waals surface area (Å²) in [6.45, 7) is 10.9. The molecule has 0 radical (unpaired) electrons. The van der Waals surface area contributed by atoms with Gasteiger partial charge in [-0.05, 0) is 37.9 Å². The number of furan rings is 1. The van der Waals surface area contributed by atoms with Crippen molar-refractivity contribution in [3.05, 3.63) is 23.7 Å². The topological polar surface area (TPSA) is 43.1 Å². The molecule has 0 aliphatic carbocycles. The van der Waals surface area contributed by atoms with Gasteiger partial charge in [-0.25, -0.2) is 0 Å². The highest BCUT2D eigenvalue weighted by Crippen LogP contribution is 2.26. The van der Waals surface area contributed by atoms with Gasteiger partial charge in [0.1, 0.15) is 11.5 Å². The quantitative estimate of drug-likeness (QED) is 0.875. The molecule has 5 nitrogen and oxygen atoms in total. The van der Waals surface area contributed by atoms with Gasteiger partial charge in [-0.1, -0.05) is 0 Å². The molecule has 0 spiro atoms. The molecule has 22 heavy (non-hydrogen) atoms. The third kappa shape index (κ3) is 3.90. The van der Waals surface area contributed by atoms with E-state index < -0.39 is 0 Å². The molecule has 5 heteroatoms. The van der Waals surface area contributed by atoms with Crippen molar-refractivity contribution in [2.24, 2.45) is 11.8 Å². The molecular weight excluding hydrogens is 278 g/mol. The fourth-order valence-corrected chi connectivity index (χ4v) is 3.73. The highest BCUT2D eigenvalue weighted by Gasteiger charge is 2.34. The second kappa shape index (κ2) is 7.13. The van der Waals surface area contributed by atoms with Crippen LogP contribution in [0.15, 0.2) is 16.5 Å². The van der Waals surface area contributed by atoms with Gasteiger partial charge in [0.2, 0.25) is 0 Å². The first-order valence-corrected chi connectivity index (χ1v) is 8.43. The number of rotatable bonds is 5. The Labute approximate surface area is 133 Å². The minimum atomic E-state index is 0.298. The molecule has 1 aromatic rings. The molecule has 2 saturated heterocycles. The molecule has 0 aromatic carbocycles. The van der Waals surface area contributed by atoms with Crippen molar-refractivity contribution in [1.82, 2.24) is 14.7 Å². The first-order valence-electron chi connectivity index (χ1n) is 8.43. The number of nitrogens with zero attached hydrogens (tertiary/aromatic N) is 3. The third-order valence-electron chi connectivity index (χ3n) is 5.15. The number of piperazine rings is 1. The average molecular weight is 307 g/mol. The van der Waals surface area contributed by atoms with Gasteiger partial charge in [0.15, 0.2) is 0 Å². The van der Waals surface area contributed by atoms with E-state index >= 15 is 0 Å². The fraction of sp³-hybridized carbons (Fsp3) is 0.765. The molecule has 0 unspecified atom stereocenters. The molecular formula is C17H29N3O2. The summed E-state index contributed by atoms with van der Waals surface area (Å²) in [6.07, 6.45) is 0. The molecule has 2 aliphatic rings. The van der Waals surface area contributed by atoms with Crippen LogP contribution in [-0.4, -0.2) is 79.3 Å². The summed E-state index contributed by atoms with van der Waals surface area (Å²) in [7, 11) is 2.19. The van der Waals surface area contributed by atoms with Crippen molar-refractivity contribution in [3.8, 4) is 0 Å². The normalized spacial score (nSPS) is 28.5. The molecule has 1 aromatic heterocycles. The molecule has 1 N–H and O–H groups in total. The van der Waals surface area contributed by atoms with E-state index in [1.165, 1.54) is 0 Å². The van der Waals surface area contributed by atoms with E-state index in [1.807, 2.05) is 13.0 Å². The van der Waals surface area contributed by atoms with Crippen molar-refractivity contribution < 1.29 is 9.52 Å². The molecule has 0 saturated carbocycles. The number of hydrogen-bond acceptors (Lipinski definition) is 5. The average Bonchev–Trinajstić information content (AvgIpc) is 3.08. The Hall–Kier alpha value is -0.880. The lowest BCUT2D eigenvalue weighted by molar-refractivity contribution is 0.116. The monoisotopic (exact) mass is 307 g/mol. The van der Waals surface area contributed by atoms with Crippen LogP contribution in [0.1, 0.15) is 11.5 Å². The van der Waals surface area contributed by atoms with Crippen LogP contribution in [0, 0.1) is 18.8 Å². The summed E-state index contributed by atoms with van der Waals surface area (Å²) in [5.74, 6) is 2.98. The van der Waals surface area contributed by atoms with Crippen molar-refractivity contribution >= 4 is 0 Å². The number of aryl methyl sites for hydroxylation is 1. The first-order chi connectivity index (χ1) is 10.6. The van der Waals surface area contributed by atoms with E-state index in [0.29, 0.717) is 18.4 Å². The SMILES string of the molecule is Cc1ccc(CN2C[C@@H](CN3CCN(C)CC3)[C@@H](CO)C2)o1. The van der Waals surface area contributed by atoms with Gasteiger partial charge >= 0.3 is 0 Å². The van der Waals surface area contributed by atoms with Crippen molar-refractivity contribution in [1.29, 1.82) is 0 Å². The highest BCUT2D eigenvalue weighted by molar-refractivity contribution is 5.06. The zero-order chi connectivity index (χ0) is 15.5. The van der Waals surface area contributed by atoms with Gasteiger partial charge in [0, 0.05) is 52.4 Å². The second-order valence-electron chi connectivity index (χ2n) is 7.01. The van der Waals surface area contributed by atoms with Crippen molar-refractivity contribution in [2.45, 2.75) is 13.5 Å². The summed E-state index contributed by atoms with van der Waals surface area (Å²) in [5.41, 5.74) is 0. The fourth-order valence-electron chi connectivity index (χ4n) is 3.73. The number of aliphatic hydroxyl groups excluding tert-OH is 1. The summed E-state index contributed by atoms with van der Waals surface area (Å²) in [6, 6.07) is 4.09. The van der Waals surface area contributed by atoms with Crippen molar-refractivity contribution in [2.75, 3.05) is 59.5 Å². The molecule has 0 amide bonds. The van der Waals surface area contributed by atoms with E-state index in [-0.39, 0.29) is 0 Å². The number of hydrogen-bond donors (Lipinski definition) is 1. The van der Waals surface area contributed by atoms with Gasteiger partial charge in [0.25, 0.3) is 0 Å². The largest absolute Gasteiger partial charge is 0.465 e. The van der Waals surface area contributed by atoms with Gasteiger partial charge in [0.05, 0.1) is 6.54 Å². The van der Waals surface area contributed by atoms with Crippen molar-refractivity contribution in [3.63, 3.8) is 0 Å². The summed E-state index contributed by atoms with van der Waals surface area (Å²) in [5, 5.41) is 9.72. The predicted molar refractivity (Wildman–Crippen MR) is 86.7 cm³/mol. The van der Waals surface area contributed by atoms with Crippen LogP contribution < -0.4 is 0 Å². The van der Waals surface area contributed by atoms with Crippen LogP contribution in [-0.2, 0) is 6.54 Å². The molecule has 124 valence electrons. The van der Waals surface area contributed by atoms with E-state index in [1.54, 1.807) is 0 Å². The number of aliphatic hydroxyl groups is 1. The van der Waals surface area contributed by atoms with Gasteiger partial charge < -0.3 is 19.3 Å². The van der Waals surface area contributed by atoms with Gasteiger partial charge in [-0.3, -0.25) is 4.90 Å². The smallest absolute Gasteiger partial charge is 0.118 e. The Bertz CT molecular complexity index is 468. The predicted octanol–water partition coefficient (Wildman–Crippen LogP) is 0.876. The molecule has 2 fully saturated rings. The molecule has 2 atom stereocenters. The highest BCUT2D eigenvalue weighted by atomic mass is 16.3. The zero-order valence-electron chi connectivity index (χ0n) is 13.9. The molecule has 0 bridgehead atoms. The minimum Gasteiger partial charge on any atom is -0.465 e. The van der Waals surface area contributed by atoms with Crippen LogP contribution >= 0.6 is 0 Å². The first kappa shape index (κ1) is 16.0. The maximum atomic E-state index is 9.72. The standard InChI is InChI=1S/C17H29N3O2/c1-14-3-4-17(22-14)12-20-10-15(16(11-20)13-21)9-19-7-5-18(2)6-8-19/h3-4,15-16,21H,5-13H2,1-2H3/t15-,16-/m1/s1. The van der Waals surface area contributed by atoms with Crippen LogP contribution in [0.3, 0.4) is 0 Å². The van der Waals surface area contributed by atoms with E-state index in [2.05, 4.69) is 27.8 Å². The maximum absolute atomic E-state index is 9.72. The van der Waals surface area contributed by atoms with Gasteiger partial charge in [-0.2, -0.15) is 0 Å². The van der Waals surface area contributed by atoms with Gasteiger partial charge in [-0.15, -0.1) is 0 Å². The third-order valence-corrected chi connectivity index (χ3v) is 5.15. The number of likely N-dealkylation sites (tertiary alicyclic amines) is 1. The summed E-state index contributed by atoms with van der Waals surface area (Å²) >= 11 is 0. The lowest BCUT2D eigenvalue weighted by Crippen LogP contribution is -2.47. The minimum absolute atomic E-state index is 0.298. The molecule has 3 heterocycles. The second-order valence-corrected chi connectivity index (χ2v) is 7.01. The Balaban J connectivity index is 1.53. The molecule has 2 aliphatic heterocycles. The summed E-state index contributed by atoms with van der Waals surface area (Å²) in [4.78, 5) is 7.38. The lowest BCUT2D eigenvalue weighted by atomic mass is 9.96. The van der Waals surface area contributed by atoms with Crippen LogP contribution in [0.4, 0.5) is 0 Å². The Kier molecular flexibility index (Phi) is 5.18. The molecule has 3 rings (SSSR count). The van der Waals surface area contributed by atoms with E-state index in [0.717, 1.165) is 63.9 Å². The van der Waals surface area contributed by atoms with Crippen LogP contribution in [0.5, 0.6) is 0 Å². The van der Waals surface area contributed by atoms with Crippen LogP contribution in [0.2, 0.25) is 0 Å². The van der Waals surface area contributed by atoms with Crippen LogP contribution in [0.25, 0.3) is 0 Å². The van der Waals surface area contributed by atoms with E-state index in [9.17, 15) is 5.11 Å². The Morgan fingerprint density at radius 3 is 2.45 bits per heavy atom. The Morgan fingerprint density at radius 2 is 1.82 bits per heavy atom. The lowest BCUT2D eigenvalue weighted by Gasteiger charge is -2.34. The number of likely N-dealkylation sites (N-methyl/N-ethyl adjacent to an activating group) is 1. The Morgan fingerprint density at radius 1 is 1.09 bits per heavy atom.